The number of nitrogens with one attached hydrogen (secondary N) is 1. The van der Waals surface area contributed by atoms with Crippen LogP contribution in [0.5, 0.6) is 5.75 Å². The maximum absolute atomic E-state index is 12.6. The number of ether oxygens (including phenoxy) is 1. The zero-order valence-corrected chi connectivity index (χ0v) is 20.9. The van der Waals surface area contributed by atoms with E-state index < -0.39 is 0 Å². The molecule has 34 heavy (non-hydrogen) atoms. The summed E-state index contributed by atoms with van der Waals surface area (Å²) in [5, 5.41) is 13.1. The lowest BCUT2D eigenvalue weighted by molar-refractivity contribution is -0.113. The van der Waals surface area contributed by atoms with Gasteiger partial charge in [-0.05, 0) is 56.3 Å². The summed E-state index contributed by atoms with van der Waals surface area (Å²) in [6, 6.07) is 20.7. The van der Waals surface area contributed by atoms with Crippen molar-refractivity contribution in [3.05, 3.63) is 82.3 Å². The largest absolute Gasteiger partial charge is 0.494 e. The van der Waals surface area contributed by atoms with Crippen molar-refractivity contribution >= 4 is 46.6 Å². The summed E-state index contributed by atoms with van der Waals surface area (Å²) in [6.07, 6.45) is 0. The molecule has 0 saturated carbocycles. The number of carbonyl (C=O) groups is 1. The number of thioether (sulfide) groups is 1. The van der Waals surface area contributed by atoms with Crippen molar-refractivity contribution in [2.75, 3.05) is 17.7 Å². The molecule has 9 heteroatoms. The van der Waals surface area contributed by atoms with E-state index in [1.807, 2.05) is 66.9 Å². The first kappa shape index (κ1) is 24.1. The quantitative estimate of drug-likeness (QED) is 0.266. The molecule has 4 rings (SSSR count). The predicted octanol–water partition coefficient (Wildman–Crippen LogP) is 6.68. The maximum atomic E-state index is 12.6. The summed E-state index contributed by atoms with van der Waals surface area (Å²) < 4.78 is 7.51. The molecule has 0 radical (unpaired) electrons. The number of hydrogen-bond acceptors (Lipinski definition) is 5. The summed E-state index contributed by atoms with van der Waals surface area (Å²) in [5.41, 5.74) is 3.49. The minimum atomic E-state index is -0.207. The molecule has 1 amide bonds. The third-order valence-electron chi connectivity index (χ3n) is 4.83. The number of halogens is 2. The fourth-order valence-electron chi connectivity index (χ4n) is 3.30. The molecular weight excluding hydrogens is 491 g/mol. The molecule has 1 aromatic heterocycles. The van der Waals surface area contributed by atoms with Crippen LogP contribution in [-0.2, 0) is 4.79 Å². The zero-order valence-electron chi connectivity index (χ0n) is 18.6. The van der Waals surface area contributed by atoms with Crippen molar-refractivity contribution in [1.82, 2.24) is 14.8 Å². The summed E-state index contributed by atoms with van der Waals surface area (Å²) >= 11 is 13.3. The lowest BCUT2D eigenvalue weighted by Gasteiger charge is -2.12. The summed E-state index contributed by atoms with van der Waals surface area (Å²) in [5.74, 6) is 1.40. The highest BCUT2D eigenvalue weighted by Crippen LogP contribution is 2.29. The molecule has 0 aliphatic carbocycles. The Hall–Kier alpha value is -3.00. The maximum Gasteiger partial charge on any atom is 0.234 e. The Morgan fingerprint density at radius 3 is 2.32 bits per heavy atom. The van der Waals surface area contributed by atoms with E-state index in [0.29, 0.717) is 33.3 Å². The van der Waals surface area contributed by atoms with Crippen molar-refractivity contribution < 1.29 is 9.53 Å². The van der Waals surface area contributed by atoms with Gasteiger partial charge in [-0.25, -0.2) is 0 Å². The third-order valence-corrected chi connectivity index (χ3v) is 6.19. The van der Waals surface area contributed by atoms with Crippen LogP contribution in [0.2, 0.25) is 10.0 Å². The lowest BCUT2D eigenvalue weighted by Crippen LogP contribution is -2.14. The van der Waals surface area contributed by atoms with Gasteiger partial charge in [0.1, 0.15) is 5.75 Å². The van der Waals surface area contributed by atoms with Gasteiger partial charge in [0, 0.05) is 27.0 Å². The van der Waals surface area contributed by atoms with E-state index in [2.05, 4.69) is 15.5 Å². The highest BCUT2D eigenvalue weighted by Gasteiger charge is 2.18. The van der Waals surface area contributed by atoms with Gasteiger partial charge in [-0.2, -0.15) is 0 Å². The lowest BCUT2D eigenvalue weighted by atomic mass is 10.1. The Bertz CT molecular complexity index is 1270. The van der Waals surface area contributed by atoms with Crippen molar-refractivity contribution in [3.8, 4) is 22.8 Å². The molecule has 0 fully saturated rings. The van der Waals surface area contributed by atoms with E-state index in [1.165, 1.54) is 11.8 Å². The summed E-state index contributed by atoms with van der Waals surface area (Å²) in [4.78, 5) is 12.6. The highest BCUT2D eigenvalue weighted by atomic mass is 35.5. The molecule has 4 aromatic rings. The molecule has 0 atom stereocenters. The van der Waals surface area contributed by atoms with Crippen molar-refractivity contribution in [2.45, 2.75) is 19.0 Å². The molecular formula is C25H22Cl2N4O2S. The van der Waals surface area contributed by atoms with Crippen molar-refractivity contribution in [1.29, 1.82) is 0 Å². The average molecular weight is 513 g/mol. The Kier molecular flexibility index (Phi) is 7.77. The number of carbonyl (C=O) groups excluding carboxylic acids is 1. The van der Waals surface area contributed by atoms with Gasteiger partial charge in [0.2, 0.25) is 5.91 Å². The van der Waals surface area contributed by atoms with Crippen LogP contribution in [-0.4, -0.2) is 33.0 Å². The van der Waals surface area contributed by atoms with Crippen LogP contribution in [0.4, 0.5) is 5.69 Å². The SMILES string of the molecule is CCOc1ccc(-n2c(SCC(=O)Nc3cc(Cl)cc(Cl)c3)nnc2-c2ccc(C)cc2)cc1. The van der Waals surface area contributed by atoms with Gasteiger partial charge in [-0.15, -0.1) is 10.2 Å². The molecule has 0 aliphatic rings. The zero-order chi connectivity index (χ0) is 24.1. The van der Waals surface area contributed by atoms with Crippen molar-refractivity contribution in [2.24, 2.45) is 0 Å². The first-order valence-corrected chi connectivity index (χ1v) is 12.3. The number of anilines is 1. The van der Waals surface area contributed by atoms with E-state index in [0.717, 1.165) is 22.6 Å². The van der Waals surface area contributed by atoms with Crippen molar-refractivity contribution in [3.63, 3.8) is 0 Å². The molecule has 0 aliphatic heterocycles. The van der Waals surface area contributed by atoms with Crippen LogP contribution in [0.3, 0.4) is 0 Å². The highest BCUT2D eigenvalue weighted by molar-refractivity contribution is 7.99. The van der Waals surface area contributed by atoms with E-state index in [4.69, 9.17) is 27.9 Å². The number of aryl methyl sites for hydroxylation is 1. The smallest absolute Gasteiger partial charge is 0.234 e. The third kappa shape index (κ3) is 5.91. The van der Waals surface area contributed by atoms with E-state index in [1.54, 1.807) is 18.2 Å². The molecule has 0 spiro atoms. The molecule has 1 heterocycles. The molecule has 0 unspecified atom stereocenters. The van der Waals surface area contributed by atoms with Crippen LogP contribution < -0.4 is 10.1 Å². The van der Waals surface area contributed by atoms with Crippen LogP contribution in [0.15, 0.2) is 71.9 Å². The molecule has 0 bridgehead atoms. The fourth-order valence-corrected chi connectivity index (χ4v) is 4.57. The van der Waals surface area contributed by atoms with E-state index in [-0.39, 0.29) is 11.7 Å². The molecule has 6 nitrogen and oxygen atoms in total. The Morgan fingerprint density at radius 1 is 1.00 bits per heavy atom. The van der Waals surface area contributed by atoms with Gasteiger partial charge < -0.3 is 10.1 Å². The Balaban J connectivity index is 1.60. The van der Waals surface area contributed by atoms with Gasteiger partial charge in [0.15, 0.2) is 11.0 Å². The van der Waals surface area contributed by atoms with Gasteiger partial charge in [-0.3, -0.25) is 9.36 Å². The molecule has 3 aromatic carbocycles. The number of benzene rings is 3. The topological polar surface area (TPSA) is 69.0 Å². The second-order valence-electron chi connectivity index (χ2n) is 7.43. The minimum absolute atomic E-state index is 0.132. The van der Waals surface area contributed by atoms with Gasteiger partial charge in [-0.1, -0.05) is 64.8 Å². The number of nitrogens with zero attached hydrogens (tertiary/aromatic N) is 3. The standard InChI is InChI=1S/C25H22Cl2N4O2S/c1-3-33-22-10-8-21(9-11-22)31-24(17-6-4-16(2)5-7-17)29-30-25(31)34-15-23(32)28-20-13-18(26)12-19(27)14-20/h4-14H,3,15H2,1-2H3,(H,28,32). The number of rotatable bonds is 8. The molecule has 1 N–H and O–H groups in total. The van der Waals surface area contributed by atoms with E-state index >= 15 is 0 Å². The van der Waals surface area contributed by atoms with Crippen LogP contribution in [0.1, 0.15) is 12.5 Å². The average Bonchev–Trinajstić information content (AvgIpc) is 3.22. The number of hydrogen-bond donors (Lipinski definition) is 1. The Labute approximate surface area is 212 Å². The second kappa shape index (κ2) is 11.0. The van der Waals surface area contributed by atoms with Crippen LogP contribution in [0, 0.1) is 6.92 Å². The Morgan fingerprint density at radius 2 is 1.68 bits per heavy atom. The van der Waals surface area contributed by atoms with Crippen LogP contribution >= 0.6 is 35.0 Å². The first-order valence-electron chi connectivity index (χ1n) is 10.6. The van der Waals surface area contributed by atoms with E-state index in [9.17, 15) is 4.79 Å². The molecule has 174 valence electrons. The predicted molar refractivity (Wildman–Crippen MR) is 139 cm³/mol. The van der Waals surface area contributed by atoms with Gasteiger partial charge in [0.25, 0.3) is 0 Å². The monoisotopic (exact) mass is 512 g/mol. The minimum Gasteiger partial charge on any atom is -0.494 e. The normalized spacial score (nSPS) is 10.8. The first-order chi connectivity index (χ1) is 16.4. The fraction of sp³-hybridized carbons (Fsp3) is 0.160. The van der Waals surface area contributed by atoms with Gasteiger partial charge in [0.05, 0.1) is 12.4 Å². The second-order valence-corrected chi connectivity index (χ2v) is 9.24. The number of amides is 1. The molecule has 0 saturated heterocycles. The van der Waals surface area contributed by atoms with Crippen LogP contribution in [0.25, 0.3) is 17.1 Å². The van der Waals surface area contributed by atoms with Gasteiger partial charge >= 0.3 is 0 Å². The summed E-state index contributed by atoms with van der Waals surface area (Å²) in [6.45, 7) is 4.57. The summed E-state index contributed by atoms with van der Waals surface area (Å²) in [7, 11) is 0. The number of aromatic nitrogens is 3.